The molecule has 1 fully saturated rings. The van der Waals surface area contributed by atoms with E-state index in [0.29, 0.717) is 6.04 Å². The van der Waals surface area contributed by atoms with Crippen molar-refractivity contribution in [2.24, 2.45) is 5.92 Å². The summed E-state index contributed by atoms with van der Waals surface area (Å²) >= 11 is 0. The lowest BCUT2D eigenvalue weighted by atomic mass is 9.96. The molecule has 3 heteroatoms. The van der Waals surface area contributed by atoms with Gasteiger partial charge in [0.2, 0.25) is 0 Å². The molecule has 114 valence electrons. The summed E-state index contributed by atoms with van der Waals surface area (Å²) in [5.41, 5.74) is 4.24. The number of aryl methyl sites for hydroxylation is 2. The summed E-state index contributed by atoms with van der Waals surface area (Å²) in [7, 11) is 2.26. The van der Waals surface area contributed by atoms with E-state index in [4.69, 9.17) is 0 Å². The van der Waals surface area contributed by atoms with Crippen LogP contribution in [0.2, 0.25) is 0 Å². The number of rotatable bonds is 4. The molecule has 0 bridgehead atoms. The molecule has 2 rings (SSSR count). The van der Waals surface area contributed by atoms with Crippen molar-refractivity contribution in [1.29, 1.82) is 0 Å². The Labute approximate surface area is 130 Å². The van der Waals surface area contributed by atoms with E-state index >= 15 is 0 Å². The topological polar surface area (TPSA) is 15.3 Å². The molecule has 1 aromatic rings. The second-order valence-corrected chi connectivity index (χ2v) is 6.19. The smallest absolute Gasteiger partial charge is 0.0319 e. The van der Waals surface area contributed by atoms with Crippen LogP contribution < -0.4 is 5.32 Å². The maximum atomic E-state index is 3.51. The highest BCUT2D eigenvalue weighted by Crippen LogP contribution is 2.24. The van der Waals surface area contributed by atoms with Crippen LogP contribution in [0.4, 0.5) is 0 Å². The third kappa shape index (κ3) is 4.47. The maximum Gasteiger partial charge on any atom is 0.0319 e. The van der Waals surface area contributed by atoms with E-state index in [9.17, 15) is 0 Å². The molecule has 1 saturated heterocycles. The minimum absolute atomic E-state index is 0. The van der Waals surface area contributed by atoms with E-state index in [2.05, 4.69) is 56.2 Å². The number of benzene rings is 1. The van der Waals surface area contributed by atoms with Gasteiger partial charge >= 0.3 is 0 Å². The molecule has 0 saturated carbocycles. The summed E-state index contributed by atoms with van der Waals surface area (Å²) in [5, 5.41) is 3.51. The minimum atomic E-state index is 0. The van der Waals surface area contributed by atoms with Crippen LogP contribution in [0.1, 0.15) is 42.5 Å². The molecule has 0 radical (unpaired) electrons. The first kappa shape index (κ1) is 17.5. The van der Waals surface area contributed by atoms with Gasteiger partial charge in [-0.2, -0.15) is 0 Å². The van der Waals surface area contributed by atoms with E-state index < -0.39 is 0 Å². The van der Waals surface area contributed by atoms with Crippen molar-refractivity contribution in [3.8, 4) is 0 Å². The Kier molecular flexibility index (Phi) is 7.01. The predicted octanol–water partition coefficient (Wildman–Crippen LogP) is 3.72. The Balaban J connectivity index is 0.00000200. The van der Waals surface area contributed by atoms with E-state index in [-0.39, 0.29) is 12.4 Å². The van der Waals surface area contributed by atoms with Gasteiger partial charge in [-0.3, -0.25) is 4.90 Å². The number of hydrogen-bond donors (Lipinski definition) is 1. The van der Waals surface area contributed by atoms with E-state index in [1.165, 1.54) is 49.2 Å². The monoisotopic (exact) mass is 296 g/mol. The minimum Gasteiger partial charge on any atom is -0.316 e. The highest BCUT2D eigenvalue weighted by molar-refractivity contribution is 5.85. The number of piperidine rings is 1. The normalized spacial score (nSPS) is 20.6. The van der Waals surface area contributed by atoms with Gasteiger partial charge < -0.3 is 5.32 Å². The molecule has 0 amide bonds. The zero-order valence-corrected chi connectivity index (χ0v) is 14.1. The van der Waals surface area contributed by atoms with Gasteiger partial charge in [-0.25, -0.2) is 0 Å². The van der Waals surface area contributed by atoms with Crippen LogP contribution >= 0.6 is 12.4 Å². The largest absolute Gasteiger partial charge is 0.316 e. The molecule has 1 aliphatic heterocycles. The summed E-state index contributed by atoms with van der Waals surface area (Å²) in [6.45, 7) is 10.3. The molecule has 2 unspecified atom stereocenters. The van der Waals surface area contributed by atoms with Crippen LogP contribution in [0.3, 0.4) is 0 Å². The summed E-state index contributed by atoms with van der Waals surface area (Å²) in [6.07, 6.45) is 2.70. The van der Waals surface area contributed by atoms with Gasteiger partial charge in [-0.15, -0.1) is 12.4 Å². The molecule has 0 aliphatic carbocycles. The Morgan fingerprint density at radius 2 is 2.10 bits per heavy atom. The molecular weight excluding hydrogens is 268 g/mol. The predicted molar refractivity (Wildman–Crippen MR) is 89.8 cm³/mol. The average Bonchev–Trinajstić information content (AvgIpc) is 2.39. The summed E-state index contributed by atoms with van der Waals surface area (Å²) < 4.78 is 0. The van der Waals surface area contributed by atoms with Crippen molar-refractivity contribution in [2.75, 3.05) is 26.7 Å². The first-order valence-electron chi connectivity index (χ1n) is 7.56. The van der Waals surface area contributed by atoms with E-state index in [1.807, 2.05) is 0 Å². The first-order chi connectivity index (χ1) is 9.08. The van der Waals surface area contributed by atoms with Crippen molar-refractivity contribution in [2.45, 2.75) is 39.7 Å². The van der Waals surface area contributed by atoms with Gasteiger partial charge in [-0.05, 0) is 70.8 Å². The molecule has 1 aromatic carbocycles. The Morgan fingerprint density at radius 3 is 2.70 bits per heavy atom. The van der Waals surface area contributed by atoms with Gasteiger partial charge in [0, 0.05) is 12.6 Å². The van der Waals surface area contributed by atoms with Crippen LogP contribution in [0.5, 0.6) is 0 Å². The van der Waals surface area contributed by atoms with Crippen LogP contribution in [0, 0.1) is 19.8 Å². The van der Waals surface area contributed by atoms with E-state index in [0.717, 1.165) is 5.92 Å². The third-order valence-electron chi connectivity index (χ3n) is 4.48. The summed E-state index contributed by atoms with van der Waals surface area (Å²) in [6, 6.07) is 7.32. The van der Waals surface area contributed by atoms with Gasteiger partial charge in [0.15, 0.2) is 0 Å². The van der Waals surface area contributed by atoms with Crippen molar-refractivity contribution in [1.82, 2.24) is 10.2 Å². The lowest BCUT2D eigenvalue weighted by Crippen LogP contribution is -2.37. The summed E-state index contributed by atoms with van der Waals surface area (Å²) in [5.74, 6) is 0.812. The maximum absolute atomic E-state index is 3.51. The molecule has 0 spiro atoms. The molecular formula is C17H29ClN2. The lowest BCUT2D eigenvalue weighted by Gasteiger charge is -2.32. The molecule has 2 atom stereocenters. The quantitative estimate of drug-likeness (QED) is 0.911. The van der Waals surface area contributed by atoms with E-state index in [1.54, 1.807) is 0 Å². The molecule has 0 aromatic heterocycles. The lowest BCUT2D eigenvalue weighted by molar-refractivity contribution is 0.199. The standard InChI is InChI=1S/C17H28N2.ClH/c1-13-7-8-17(14(2)10-13)15(3)19(4)12-16-6-5-9-18-11-16;/h7-8,10,15-16,18H,5-6,9,11-12H2,1-4H3;1H. The SMILES string of the molecule is Cc1ccc(C(C)N(C)CC2CCCNC2)c(C)c1.Cl. The molecule has 1 aliphatic rings. The van der Waals surface area contributed by atoms with Gasteiger partial charge in [0.1, 0.15) is 0 Å². The molecule has 1 heterocycles. The van der Waals surface area contributed by atoms with Gasteiger partial charge in [0.25, 0.3) is 0 Å². The second-order valence-electron chi connectivity index (χ2n) is 6.19. The average molecular weight is 297 g/mol. The zero-order chi connectivity index (χ0) is 13.8. The zero-order valence-electron chi connectivity index (χ0n) is 13.3. The van der Waals surface area contributed by atoms with Crippen LogP contribution in [0.25, 0.3) is 0 Å². The van der Waals surface area contributed by atoms with Crippen molar-refractivity contribution in [3.05, 3.63) is 34.9 Å². The Hall–Kier alpha value is -0.570. The Bertz CT molecular complexity index is 413. The van der Waals surface area contributed by atoms with Gasteiger partial charge in [-0.1, -0.05) is 23.8 Å². The number of hydrogen-bond acceptors (Lipinski definition) is 2. The molecule has 20 heavy (non-hydrogen) atoms. The fourth-order valence-corrected chi connectivity index (χ4v) is 3.18. The van der Waals surface area contributed by atoms with Crippen LogP contribution in [-0.2, 0) is 0 Å². The highest BCUT2D eigenvalue weighted by Gasteiger charge is 2.19. The van der Waals surface area contributed by atoms with Crippen LogP contribution in [0.15, 0.2) is 18.2 Å². The third-order valence-corrected chi connectivity index (χ3v) is 4.48. The first-order valence-corrected chi connectivity index (χ1v) is 7.56. The fourth-order valence-electron chi connectivity index (χ4n) is 3.18. The molecule has 1 N–H and O–H groups in total. The van der Waals surface area contributed by atoms with Crippen molar-refractivity contribution >= 4 is 12.4 Å². The summed E-state index contributed by atoms with van der Waals surface area (Å²) in [4.78, 5) is 2.51. The van der Waals surface area contributed by atoms with Crippen molar-refractivity contribution in [3.63, 3.8) is 0 Å². The number of nitrogens with zero attached hydrogens (tertiary/aromatic N) is 1. The highest BCUT2D eigenvalue weighted by atomic mass is 35.5. The van der Waals surface area contributed by atoms with Crippen LogP contribution in [-0.4, -0.2) is 31.6 Å². The number of halogens is 1. The molecule has 2 nitrogen and oxygen atoms in total. The Morgan fingerprint density at radius 1 is 1.35 bits per heavy atom. The van der Waals surface area contributed by atoms with Gasteiger partial charge in [0.05, 0.1) is 0 Å². The van der Waals surface area contributed by atoms with Crippen molar-refractivity contribution < 1.29 is 0 Å². The fraction of sp³-hybridized carbons (Fsp3) is 0.647. The number of nitrogens with one attached hydrogen (secondary N) is 1. The second kappa shape index (κ2) is 8.02.